The summed E-state index contributed by atoms with van der Waals surface area (Å²) >= 11 is 5.89. The van der Waals surface area contributed by atoms with Crippen molar-refractivity contribution in [2.24, 2.45) is 0 Å². The van der Waals surface area contributed by atoms with Gasteiger partial charge in [-0.25, -0.2) is 4.98 Å². The SMILES string of the molecule is CC(C)Nc1nccn1-c1ccc(I)cc1Br. The minimum absolute atomic E-state index is 0.360. The van der Waals surface area contributed by atoms with E-state index >= 15 is 0 Å². The Labute approximate surface area is 123 Å². The van der Waals surface area contributed by atoms with Gasteiger partial charge >= 0.3 is 0 Å². The average Bonchev–Trinajstić information content (AvgIpc) is 2.65. The van der Waals surface area contributed by atoms with Gasteiger partial charge in [-0.3, -0.25) is 4.57 Å². The molecule has 0 spiro atoms. The van der Waals surface area contributed by atoms with Gasteiger partial charge in [0.05, 0.1) is 5.69 Å². The quantitative estimate of drug-likeness (QED) is 0.780. The van der Waals surface area contributed by atoms with Crippen molar-refractivity contribution in [3.8, 4) is 5.69 Å². The van der Waals surface area contributed by atoms with Crippen LogP contribution in [-0.4, -0.2) is 15.6 Å². The van der Waals surface area contributed by atoms with Gasteiger partial charge in [-0.1, -0.05) is 0 Å². The lowest BCUT2D eigenvalue weighted by Crippen LogP contribution is -2.14. The molecule has 0 amide bonds. The van der Waals surface area contributed by atoms with Crippen LogP contribution in [0, 0.1) is 3.57 Å². The third-order valence-electron chi connectivity index (χ3n) is 2.23. The van der Waals surface area contributed by atoms with Crippen molar-refractivity contribution >= 4 is 44.5 Å². The fraction of sp³-hybridized carbons (Fsp3) is 0.250. The molecule has 0 unspecified atom stereocenters. The second-order valence-corrected chi connectivity index (χ2v) is 6.12. The lowest BCUT2D eigenvalue weighted by atomic mass is 10.3. The molecule has 1 aromatic carbocycles. The number of anilines is 1. The lowest BCUT2D eigenvalue weighted by Gasteiger charge is -2.13. The number of halogens is 2. The number of rotatable bonds is 3. The van der Waals surface area contributed by atoms with E-state index < -0.39 is 0 Å². The number of hydrogen-bond donors (Lipinski definition) is 1. The van der Waals surface area contributed by atoms with Crippen LogP contribution in [0.1, 0.15) is 13.8 Å². The van der Waals surface area contributed by atoms with Crippen molar-refractivity contribution < 1.29 is 0 Å². The van der Waals surface area contributed by atoms with Crippen LogP contribution in [0.3, 0.4) is 0 Å². The Morgan fingerprint density at radius 3 is 2.82 bits per heavy atom. The van der Waals surface area contributed by atoms with Gasteiger partial charge in [0.15, 0.2) is 0 Å². The first-order valence-corrected chi connectivity index (χ1v) is 7.20. The fourth-order valence-electron chi connectivity index (χ4n) is 1.54. The van der Waals surface area contributed by atoms with Crippen LogP contribution in [0.25, 0.3) is 5.69 Å². The van der Waals surface area contributed by atoms with Crippen molar-refractivity contribution in [1.82, 2.24) is 9.55 Å². The zero-order chi connectivity index (χ0) is 12.4. The molecular weight excluding hydrogens is 393 g/mol. The largest absolute Gasteiger partial charge is 0.353 e. The van der Waals surface area contributed by atoms with Crippen molar-refractivity contribution in [3.05, 3.63) is 38.6 Å². The minimum atomic E-state index is 0.360. The molecule has 1 N–H and O–H groups in total. The highest BCUT2D eigenvalue weighted by Crippen LogP contribution is 2.25. The van der Waals surface area contributed by atoms with Crippen LogP contribution in [-0.2, 0) is 0 Å². The molecule has 0 fully saturated rings. The first-order valence-electron chi connectivity index (χ1n) is 5.33. The lowest BCUT2D eigenvalue weighted by molar-refractivity contribution is 0.863. The normalized spacial score (nSPS) is 10.9. The highest BCUT2D eigenvalue weighted by molar-refractivity contribution is 14.1. The number of hydrogen-bond acceptors (Lipinski definition) is 2. The molecule has 0 bridgehead atoms. The van der Waals surface area contributed by atoms with Crippen molar-refractivity contribution in [2.45, 2.75) is 19.9 Å². The maximum Gasteiger partial charge on any atom is 0.207 e. The smallest absolute Gasteiger partial charge is 0.207 e. The van der Waals surface area contributed by atoms with Gasteiger partial charge in [0.2, 0.25) is 5.95 Å². The molecule has 0 aliphatic carbocycles. The van der Waals surface area contributed by atoms with Crippen LogP contribution in [0.5, 0.6) is 0 Å². The molecule has 17 heavy (non-hydrogen) atoms. The predicted octanol–water partition coefficient (Wildman–Crippen LogP) is 4.06. The molecule has 0 saturated carbocycles. The van der Waals surface area contributed by atoms with E-state index in [9.17, 15) is 0 Å². The molecule has 1 heterocycles. The summed E-state index contributed by atoms with van der Waals surface area (Å²) in [5.74, 6) is 0.863. The monoisotopic (exact) mass is 405 g/mol. The standard InChI is InChI=1S/C12H13BrIN3/c1-8(2)16-12-15-5-6-17(12)11-4-3-9(14)7-10(11)13/h3-8H,1-2H3,(H,15,16). The van der Waals surface area contributed by atoms with Crippen molar-refractivity contribution in [2.75, 3.05) is 5.32 Å². The second kappa shape index (κ2) is 5.39. The molecule has 0 radical (unpaired) electrons. The Hall–Kier alpha value is -0.560. The summed E-state index contributed by atoms with van der Waals surface area (Å²) in [6, 6.07) is 6.62. The summed E-state index contributed by atoms with van der Waals surface area (Å²) in [5, 5.41) is 3.32. The van der Waals surface area contributed by atoms with Crippen molar-refractivity contribution in [1.29, 1.82) is 0 Å². The van der Waals surface area contributed by atoms with Crippen LogP contribution in [0.15, 0.2) is 35.1 Å². The van der Waals surface area contributed by atoms with Gasteiger partial charge in [-0.2, -0.15) is 0 Å². The Kier molecular flexibility index (Phi) is 4.09. The van der Waals surface area contributed by atoms with Crippen molar-refractivity contribution in [3.63, 3.8) is 0 Å². The Morgan fingerprint density at radius 2 is 2.18 bits per heavy atom. The van der Waals surface area contributed by atoms with E-state index in [4.69, 9.17) is 0 Å². The van der Waals surface area contributed by atoms with E-state index in [2.05, 4.69) is 80.9 Å². The number of nitrogens with zero attached hydrogens (tertiary/aromatic N) is 2. The summed E-state index contributed by atoms with van der Waals surface area (Å²) in [6.45, 7) is 4.20. The highest BCUT2D eigenvalue weighted by Gasteiger charge is 2.08. The van der Waals surface area contributed by atoms with E-state index in [1.54, 1.807) is 6.20 Å². The number of benzene rings is 1. The zero-order valence-electron chi connectivity index (χ0n) is 9.61. The Morgan fingerprint density at radius 1 is 1.41 bits per heavy atom. The number of imidazole rings is 1. The van der Waals surface area contributed by atoms with Gasteiger partial charge in [0.25, 0.3) is 0 Å². The van der Waals surface area contributed by atoms with Gasteiger partial charge in [0, 0.05) is 26.5 Å². The first-order chi connectivity index (χ1) is 8.08. The molecule has 0 aliphatic heterocycles. The summed E-state index contributed by atoms with van der Waals surface area (Å²) in [7, 11) is 0. The van der Waals surface area contributed by atoms with Gasteiger partial charge < -0.3 is 5.32 Å². The van der Waals surface area contributed by atoms with E-state index in [1.165, 1.54) is 3.57 Å². The molecule has 0 aliphatic rings. The van der Waals surface area contributed by atoms with E-state index in [1.807, 2.05) is 10.8 Å². The fourth-order valence-corrected chi connectivity index (χ4v) is 3.03. The Balaban J connectivity index is 2.42. The maximum absolute atomic E-state index is 4.33. The topological polar surface area (TPSA) is 29.9 Å². The molecule has 2 rings (SSSR count). The van der Waals surface area contributed by atoms with Gasteiger partial charge in [0.1, 0.15) is 0 Å². The summed E-state index contributed by atoms with van der Waals surface area (Å²) < 4.78 is 4.31. The molecule has 5 heteroatoms. The molecule has 3 nitrogen and oxygen atoms in total. The second-order valence-electron chi connectivity index (χ2n) is 4.02. The van der Waals surface area contributed by atoms with Crippen LogP contribution in [0.4, 0.5) is 5.95 Å². The Bertz CT molecular complexity index is 522. The summed E-state index contributed by atoms with van der Waals surface area (Å²) in [5.41, 5.74) is 1.09. The third-order valence-corrected chi connectivity index (χ3v) is 3.53. The molecule has 90 valence electrons. The van der Waals surface area contributed by atoms with Crippen LogP contribution in [0.2, 0.25) is 0 Å². The molecule has 1 aromatic heterocycles. The highest BCUT2D eigenvalue weighted by atomic mass is 127. The zero-order valence-corrected chi connectivity index (χ0v) is 13.4. The number of aromatic nitrogens is 2. The predicted molar refractivity (Wildman–Crippen MR) is 82.7 cm³/mol. The van der Waals surface area contributed by atoms with E-state index in [0.29, 0.717) is 6.04 Å². The number of nitrogens with one attached hydrogen (secondary N) is 1. The van der Waals surface area contributed by atoms with Crippen LogP contribution < -0.4 is 5.32 Å². The van der Waals surface area contributed by atoms with Gasteiger partial charge in [-0.15, -0.1) is 0 Å². The van der Waals surface area contributed by atoms with Crippen LogP contribution >= 0.6 is 38.5 Å². The van der Waals surface area contributed by atoms with Gasteiger partial charge in [-0.05, 0) is 70.6 Å². The maximum atomic E-state index is 4.33. The average molecular weight is 406 g/mol. The molecule has 0 atom stereocenters. The molecular formula is C12H13BrIN3. The van der Waals surface area contributed by atoms with E-state index in [0.717, 1.165) is 16.1 Å². The summed E-state index contributed by atoms with van der Waals surface area (Å²) in [6.07, 6.45) is 3.76. The first kappa shape index (κ1) is 12.9. The minimum Gasteiger partial charge on any atom is -0.353 e. The molecule has 2 aromatic rings. The third kappa shape index (κ3) is 3.01. The van der Waals surface area contributed by atoms with E-state index in [-0.39, 0.29) is 0 Å². The summed E-state index contributed by atoms with van der Waals surface area (Å²) in [4.78, 5) is 4.33. The molecule has 0 saturated heterocycles.